The van der Waals surface area contributed by atoms with Crippen molar-refractivity contribution in [3.8, 4) is 0 Å². The Hall–Kier alpha value is -5.58. The highest BCUT2D eigenvalue weighted by molar-refractivity contribution is 5.94. The third-order valence-electron chi connectivity index (χ3n) is 9.72. The SMILES string of the molecule is CNCC(=O)N(CC(=O)N(CC(=O)N(C)CC(=O)N(CC(=O)N(CC(=O)N(C)CC(=O)N(CC(=O)N(CC(=O)N(C)CC(N)=O)CC(C)O)CC(C)O)CC(C)O)CC(C)O)CC(C)O)CC(C)O. The third-order valence-corrected chi connectivity index (χ3v) is 9.72. The van der Waals surface area contributed by atoms with E-state index in [1.807, 2.05) is 0 Å². The number of hydrogen-bond donors (Lipinski definition) is 8. The number of nitrogens with zero attached hydrogens (tertiary/aromatic N) is 9. The molecule has 0 saturated carbocycles. The summed E-state index contributed by atoms with van der Waals surface area (Å²) in [6.07, 6.45) is -6.77. The Balaban J connectivity index is 6.16. The highest BCUT2D eigenvalue weighted by atomic mass is 16.3. The minimum Gasteiger partial charge on any atom is -0.392 e. The summed E-state index contributed by atoms with van der Waals surface area (Å²) in [4.78, 5) is 140. The fourth-order valence-corrected chi connectivity index (χ4v) is 6.45. The number of primary amides is 1. The maximum absolute atomic E-state index is 13.8. The summed E-state index contributed by atoms with van der Waals surface area (Å²) in [5, 5.41) is 63.4. The quantitative estimate of drug-likeness (QED) is 0.0310. The molecule has 0 bridgehead atoms. The van der Waals surface area contributed by atoms with Gasteiger partial charge in [0.2, 0.25) is 59.1 Å². The number of aliphatic hydroxyl groups excluding tert-OH is 6. The molecule has 0 saturated heterocycles. The molecule has 27 nitrogen and oxygen atoms in total. The van der Waals surface area contributed by atoms with Gasteiger partial charge in [0.25, 0.3) is 0 Å². The van der Waals surface area contributed by atoms with Gasteiger partial charge in [-0.15, -0.1) is 0 Å². The minimum absolute atomic E-state index is 0.145. The molecule has 6 unspecified atom stereocenters. The van der Waals surface area contributed by atoms with Crippen molar-refractivity contribution in [2.45, 2.75) is 78.2 Å². The van der Waals surface area contributed by atoms with Crippen LogP contribution in [0.4, 0.5) is 0 Å². The highest BCUT2D eigenvalue weighted by Crippen LogP contribution is 2.07. The second kappa shape index (κ2) is 31.5. The zero-order valence-electron chi connectivity index (χ0n) is 41.6. The van der Waals surface area contributed by atoms with Crippen molar-refractivity contribution in [2.24, 2.45) is 5.73 Å². The lowest BCUT2D eigenvalue weighted by molar-refractivity contribution is -0.149. The Kier molecular flexibility index (Phi) is 29.0. The number of nitrogens with two attached hydrogens (primary N) is 1. The predicted octanol–water partition coefficient (Wildman–Crippen LogP) is -7.68. The maximum Gasteiger partial charge on any atom is 0.242 e. The number of nitrogens with one attached hydrogen (secondary N) is 1. The van der Waals surface area contributed by atoms with Crippen LogP contribution in [-0.4, -0.2) is 303 Å². The smallest absolute Gasteiger partial charge is 0.242 e. The van der Waals surface area contributed by atoms with Crippen LogP contribution in [0.25, 0.3) is 0 Å². The van der Waals surface area contributed by atoms with Crippen molar-refractivity contribution in [1.29, 1.82) is 0 Å². The molecule has 0 fully saturated rings. The Morgan fingerprint density at radius 1 is 0.348 bits per heavy atom. The number of carbonyl (C=O) groups excluding carboxylic acids is 10. The van der Waals surface area contributed by atoms with Gasteiger partial charge in [-0.25, -0.2) is 0 Å². The summed E-state index contributed by atoms with van der Waals surface area (Å²) in [5.41, 5.74) is 5.15. The number of aliphatic hydroxyl groups is 6. The predicted molar refractivity (Wildman–Crippen MR) is 246 cm³/mol. The second-order valence-electron chi connectivity index (χ2n) is 17.5. The average molecular weight is 992 g/mol. The Bertz CT molecular complexity index is 1730. The molecule has 27 heteroatoms. The molecule has 0 aliphatic heterocycles. The first-order chi connectivity index (χ1) is 31.9. The molecular formula is C42H77N11O16. The zero-order valence-corrected chi connectivity index (χ0v) is 41.6. The van der Waals surface area contributed by atoms with Crippen LogP contribution in [0.2, 0.25) is 0 Å². The van der Waals surface area contributed by atoms with Crippen LogP contribution in [0.5, 0.6) is 0 Å². The maximum atomic E-state index is 13.8. The third kappa shape index (κ3) is 26.1. The Morgan fingerprint density at radius 2 is 0.536 bits per heavy atom. The van der Waals surface area contributed by atoms with E-state index < -0.39 is 174 Å². The monoisotopic (exact) mass is 992 g/mol. The standard InChI is InChI=1S/C42H77N11O16/c1-27(54)12-48(34(61)11-44-7)24-40(67)50(14-29(3)56)22-36(63)46(9)19-39(66)53(17-32(6)59)26-42(69)51(15-30(4)57)23-37(64)47(10)20-38(65)52(16-31(5)58)25-41(68)49(13-28(2)55)21-35(62)45(8)18-33(43)60/h27-32,44,54-59H,11-26H2,1-10H3,(H2,43,60). The lowest BCUT2D eigenvalue weighted by Crippen LogP contribution is -2.53. The lowest BCUT2D eigenvalue weighted by Gasteiger charge is -2.32. The number of hydrogen-bond acceptors (Lipinski definition) is 17. The summed E-state index contributed by atoms with van der Waals surface area (Å²) in [7, 11) is 5.24. The van der Waals surface area contributed by atoms with Gasteiger partial charge in [-0.2, -0.15) is 0 Å². The molecule has 9 N–H and O–H groups in total. The summed E-state index contributed by atoms with van der Waals surface area (Å²) < 4.78 is 0. The number of likely N-dealkylation sites (N-methyl/N-ethyl adjacent to an activating group) is 4. The second-order valence-corrected chi connectivity index (χ2v) is 17.5. The van der Waals surface area contributed by atoms with Gasteiger partial charge >= 0.3 is 0 Å². The van der Waals surface area contributed by atoms with Crippen molar-refractivity contribution in [2.75, 3.05) is 133 Å². The van der Waals surface area contributed by atoms with Crippen LogP contribution in [0.1, 0.15) is 41.5 Å². The van der Waals surface area contributed by atoms with Crippen LogP contribution < -0.4 is 11.1 Å². The van der Waals surface area contributed by atoms with Gasteiger partial charge in [0, 0.05) is 60.4 Å². The number of amides is 10. The fourth-order valence-electron chi connectivity index (χ4n) is 6.45. The molecule has 6 atom stereocenters. The van der Waals surface area contributed by atoms with E-state index in [1.54, 1.807) is 0 Å². The van der Waals surface area contributed by atoms with Crippen LogP contribution in [-0.2, 0) is 47.9 Å². The molecular weight excluding hydrogens is 915 g/mol. The summed E-state index contributed by atoms with van der Waals surface area (Å²) >= 11 is 0. The van der Waals surface area contributed by atoms with Crippen molar-refractivity contribution in [3.63, 3.8) is 0 Å². The van der Waals surface area contributed by atoms with E-state index in [0.717, 1.165) is 44.1 Å². The van der Waals surface area contributed by atoms with Crippen LogP contribution in [0.3, 0.4) is 0 Å². The fraction of sp³-hybridized carbons (Fsp3) is 0.762. The average Bonchev–Trinajstić information content (AvgIpc) is 3.20. The Labute approximate surface area is 403 Å². The molecule has 0 aromatic heterocycles. The van der Waals surface area contributed by atoms with E-state index in [9.17, 15) is 78.6 Å². The summed E-state index contributed by atoms with van der Waals surface area (Å²) in [5.74, 6) is -7.76. The molecule has 0 radical (unpaired) electrons. The molecule has 0 aliphatic rings. The normalized spacial score (nSPS) is 13.6. The van der Waals surface area contributed by atoms with Gasteiger partial charge < -0.3 is 85.8 Å². The summed E-state index contributed by atoms with van der Waals surface area (Å²) in [6, 6.07) is 0. The van der Waals surface area contributed by atoms with E-state index in [0.29, 0.717) is 0 Å². The largest absolute Gasteiger partial charge is 0.392 e. The van der Waals surface area contributed by atoms with Gasteiger partial charge in [-0.3, -0.25) is 47.9 Å². The van der Waals surface area contributed by atoms with Crippen LogP contribution >= 0.6 is 0 Å². The van der Waals surface area contributed by atoms with Crippen LogP contribution in [0.15, 0.2) is 0 Å². The lowest BCUT2D eigenvalue weighted by atomic mass is 10.2. The summed E-state index contributed by atoms with van der Waals surface area (Å²) in [6.45, 7) is 0.107. The van der Waals surface area contributed by atoms with Crippen LogP contribution in [0, 0.1) is 0 Å². The van der Waals surface area contributed by atoms with E-state index in [1.165, 1.54) is 69.7 Å². The van der Waals surface area contributed by atoms with E-state index >= 15 is 0 Å². The van der Waals surface area contributed by atoms with E-state index in [2.05, 4.69) is 5.32 Å². The van der Waals surface area contributed by atoms with E-state index in [4.69, 9.17) is 5.73 Å². The van der Waals surface area contributed by atoms with Gasteiger partial charge in [-0.1, -0.05) is 0 Å². The van der Waals surface area contributed by atoms with Crippen molar-refractivity contribution in [1.82, 2.24) is 49.4 Å². The first kappa shape index (κ1) is 63.4. The molecule has 0 spiro atoms. The van der Waals surface area contributed by atoms with Gasteiger partial charge in [0.15, 0.2) is 0 Å². The molecule has 69 heavy (non-hydrogen) atoms. The molecule has 0 heterocycles. The molecule has 10 amide bonds. The molecule has 0 aromatic rings. The van der Waals surface area contributed by atoms with Gasteiger partial charge in [-0.05, 0) is 48.6 Å². The first-order valence-corrected chi connectivity index (χ1v) is 22.3. The molecule has 396 valence electrons. The zero-order chi connectivity index (χ0) is 53.5. The van der Waals surface area contributed by atoms with Gasteiger partial charge in [0.05, 0.1) is 102 Å². The Morgan fingerprint density at radius 3 is 0.739 bits per heavy atom. The van der Waals surface area contributed by atoms with Crippen molar-refractivity contribution < 1.29 is 78.6 Å². The molecule has 0 aliphatic carbocycles. The number of rotatable bonds is 32. The highest BCUT2D eigenvalue weighted by Gasteiger charge is 2.31. The molecule has 0 aromatic carbocycles. The van der Waals surface area contributed by atoms with E-state index in [-0.39, 0.29) is 26.2 Å². The first-order valence-electron chi connectivity index (χ1n) is 22.3. The minimum atomic E-state index is -1.20. The van der Waals surface area contributed by atoms with Gasteiger partial charge in [0.1, 0.15) is 0 Å². The topological polar surface area (TPSA) is 359 Å². The molecule has 0 rings (SSSR count). The van der Waals surface area contributed by atoms with Crippen molar-refractivity contribution >= 4 is 59.1 Å². The number of carbonyl (C=O) groups is 10. The van der Waals surface area contributed by atoms with Crippen molar-refractivity contribution in [3.05, 3.63) is 0 Å².